The van der Waals surface area contributed by atoms with E-state index in [1.54, 1.807) is 12.3 Å². The van der Waals surface area contributed by atoms with Gasteiger partial charge in [0.15, 0.2) is 16.6 Å². The maximum absolute atomic E-state index is 11.8. The molecule has 0 aliphatic carbocycles. The van der Waals surface area contributed by atoms with E-state index in [4.69, 9.17) is 11.6 Å². The lowest BCUT2D eigenvalue weighted by Gasteiger charge is -2.19. The summed E-state index contributed by atoms with van der Waals surface area (Å²) < 4.78 is 0.661. The fraction of sp³-hybridized carbons (Fsp3) is 0.444. The molecule has 0 aromatic carbocycles. The number of aromatic amines is 1. The molecule has 3 aromatic heterocycles. The van der Waals surface area contributed by atoms with Crippen LogP contribution in [0.2, 0.25) is 5.02 Å². The Morgan fingerprint density at radius 2 is 2.11 bits per heavy atom. The van der Waals surface area contributed by atoms with Gasteiger partial charge in [0, 0.05) is 6.20 Å². The molecule has 0 saturated heterocycles. The number of aromatic nitrogens is 4. The molecule has 3 heterocycles. The first kappa shape index (κ1) is 21.0. The molecule has 3 N–H and O–H groups in total. The molecule has 28 heavy (non-hydrogen) atoms. The second kappa shape index (κ2) is 9.21. The summed E-state index contributed by atoms with van der Waals surface area (Å²) in [6, 6.07) is 3.52. The zero-order chi connectivity index (χ0) is 20.3. The molecule has 2 atom stereocenters. The average molecular weight is 440 g/mol. The van der Waals surface area contributed by atoms with E-state index in [2.05, 4.69) is 39.1 Å². The Morgan fingerprint density at radius 3 is 2.75 bits per heavy atom. The van der Waals surface area contributed by atoms with E-state index in [-0.39, 0.29) is 22.8 Å². The topological polar surface area (TPSA) is 104 Å². The van der Waals surface area contributed by atoms with E-state index in [0.717, 1.165) is 23.5 Å². The number of hydrogen-bond acceptors (Lipinski definition) is 8. The van der Waals surface area contributed by atoms with Crippen LogP contribution >= 0.6 is 34.7 Å². The fourth-order valence-electron chi connectivity index (χ4n) is 2.76. The van der Waals surface area contributed by atoms with Crippen LogP contribution in [0, 0.1) is 5.92 Å². The van der Waals surface area contributed by atoms with Crippen LogP contribution in [0.3, 0.4) is 0 Å². The molecular formula is C18H22ClN5O2S2. The van der Waals surface area contributed by atoms with Gasteiger partial charge in [-0.3, -0.25) is 14.8 Å². The van der Waals surface area contributed by atoms with Crippen molar-refractivity contribution in [2.45, 2.75) is 43.6 Å². The molecule has 10 heteroatoms. The standard InChI is InChI=1S/C18H22ClN5O2S2/c1-9(2)6-12(8-25)21-15-14-16(24-18(26)28-14)23-17(22-15)27-10(3)13-5-4-11(19)7-20-13/h4-5,7,9-10,12,25H,6,8H2,1-3H3,(H2,21,22,23,24,26)/t10-,12+/m0/s1. The van der Waals surface area contributed by atoms with Gasteiger partial charge in [0.1, 0.15) is 4.70 Å². The van der Waals surface area contributed by atoms with Crippen LogP contribution in [-0.4, -0.2) is 37.7 Å². The minimum atomic E-state index is -0.189. The summed E-state index contributed by atoms with van der Waals surface area (Å²) in [7, 11) is 0. The first-order chi connectivity index (χ1) is 13.4. The average Bonchev–Trinajstić information content (AvgIpc) is 3.01. The van der Waals surface area contributed by atoms with Crippen molar-refractivity contribution in [3.63, 3.8) is 0 Å². The number of pyridine rings is 1. The van der Waals surface area contributed by atoms with E-state index in [1.807, 2.05) is 13.0 Å². The smallest absolute Gasteiger partial charge is 0.306 e. The van der Waals surface area contributed by atoms with Crippen molar-refractivity contribution in [2.24, 2.45) is 5.92 Å². The third-order valence-electron chi connectivity index (χ3n) is 4.03. The van der Waals surface area contributed by atoms with Crippen molar-refractivity contribution in [3.8, 4) is 0 Å². The predicted molar refractivity (Wildman–Crippen MR) is 116 cm³/mol. The highest BCUT2D eigenvalue weighted by Gasteiger charge is 2.18. The Hall–Kier alpha value is -1.68. The largest absolute Gasteiger partial charge is 0.394 e. The van der Waals surface area contributed by atoms with Crippen molar-refractivity contribution in [1.82, 2.24) is 19.9 Å². The highest BCUT2D eigenvalue weighted by atomic mass is 35.5. The number of nitrogens with one attached hydrogen (secondary N) is 2. The highest BCUT2D eigenvalue weighted by molar-refractivity contribution is 7.99. The molecule has 0 fully saturated rings. The normalized spacial score (nSPS) is 13.8. The van der Waals surface area contributed by atoms with E-state index < -0.39 is 0 Å². The van der Waals surface area contributed by atoms with Gasteiger partial charge in [-0.05, 0) is 31.4 Å². The summed E-state index contributed by atoms with van der Waals surface area (Å²) in [4.78, 5) is 27.9. The SMILES string of the molecule is CC(C)C[C@H](CO)Nc1nc(S[C@@H](C)c2ccc(Cl)cn2)nc2[nH]c(=O)sc12. The van der Waals surface area contributed by atoms with Crippen LogP contribution in [0.15, 0.2) is 28.3 Å². The van der Waals surface area contributed by atoms with Gasteiger partial charge in [-0.2, -0.15) is 0 Å². The Morgan fingerprint density at radius 1 is 1.32 bits per heavy atom. The molecule has 0 bridgehead atoms. The van der Waals surface area contributed by atoms with Crippen LogP contribution < -0.4 is 10.2 Å². The maximum atomic E-state index is 11.8. The molecular weight excluding hydrogens is 418 g/mol. The Labute approximate surface area is 176 Å². The van der Waals surface area contributed by atoms with Crippen molar-refractivity contribution < 1.29 is 5.11 Å². The summed E-state index contributed by atoms with van der Waals surface area (Å²) in [6.07, 6.45) is 2.40. The lowest BCUT2D eigenvalue weighted by Crippen LogP contribution is -2.26. The lowest BCUT2D eigenvalue weighted by atomic mass is 10.0. The van der Waals surface area contributed by atoms with E-state index >= 15 is 0 Å². The monoisotopic (exact) mass is 439 g/mol. The molecule has 3 aromatic rings. The summed E-state index contributed by atoms with van der Waals surface area (Å²) in [5.74, 6) is 0.976. The number of hydrogen-bond donors (Lipinski definition) is 3. The molecule has 0 saturated carbocycles. The zero-order valence-electron chi connectivity index (χ0n) is 15.8. The number of nitrogens with zero attached hydrogens (tertiary/aromatic N) is 3. The maximum Gasteiger partial charge on any atom is 0.306 e. The van der Waals surface area contributed by atoms with Gasteiger partial charge in [-0.1, -0.05) is 48.5 Å². The molecule has 0 unspecified atom stereocenters. The van der Waals surface area contributed by atoms with Gasteiger partial charge in [-0.25, -0.2) is 9.97 Å². The third-order valence-corrected chi connectivity index (χ3v) is 6.12. The van der Waals surface area contributed by atoms with E-state index in [1.165, 1.54) is 11.8 Å². The molecule has 0 amide bonds. The van der Waals surface area contributed by atoms with Gasteiger partial charge in [0.25, 0.3) is 0 Å². The third kappa shape index (κ3) is 5.22. The fourth-order valence-corrected chi connectivity index (χ4v) is 4.47. The zero-order valence-corrected chi connectivity index (χ0v) is 18.2. The molecule has 3 rings (SSSR count). The molecule has 0 spiro atoms. The van der Waals surface area contributed by atoms with Crippen molar-refractivity contribution in [3.05, 3.63) is 38.7 Å². The first-order valence-corrected chi connectivity index (χ1v) is 11.0. The number of aliphatic hydroxyl groups is 1. The molecule has 0 aliphatic heterocycles. The Balaban J connectivity index is 1.90. The molecule has 0 radical (unpaired) electrons. The lowest BCUT2D eigenvalue weighted by molar-refractivity contribution is 0.259. The Bertz CT molecular complexity index is 990. The van der Waals surface area contributed by atoms with Crippen LogP contribution in [0.1, 0.15) is 38.1 Å². The van der Waals surface area contributed by atoms with Crippen molar-refractivity contribution in [1.29, 1.82) is 0 Å². The van der Waals surface area contributed by atoms with E-state index in [0.29, 0.717) is 32.3 Å². The molecule has 150 valence electrons. The van der Waals surface area contributed by atoms with Gasteiger partial charge < -0.3 is 10.4 Å². The number of thiazole rings is 1. The summed E-state index contributed by atoms with van der Waals surface area (Å²) in [6.45, 7) is 6.18. The summed E-state index contributed by atoms with van der Waals surface area (Å²) in [5.41, 5.74) is 1.35. The second-order valence-electron chi connectivity index (χ2n) is 6.86. The van der Waals surface area contributed by atoms with Crippen LogP contribution in [0.4, 0.5) is 5.82 Å². The number of halogens is 1. The number of fused-ring (bicyclic) bond motifs is 1. The molecule has 0 aliphatic rings. The van der Waals surface area contributed by atoms with Crippen molar-refractivity contribution >= 4 is 50.9 Å². The van der Waals surface area contributed by atoms with Gasteiger partial charge in [0.2, 0.25) is 0 Å². The van der Waals surface area contributed by atoms with Gasteiger partial charge >= 0.3 is 4.87 Å². The van der Waals surface area contributed by atoms with Crippen LogP contribution in [0.5, 0.6) is 0 Å². The van der Waals surface area contributed by atoms with Gasteiger partial charge in [-0.15, -0.1) is 0 Å². The summed E-state index contributed by atoms with van der Waals surface area (Å²) in [5, 5.41) is 14.1. The van der Waals surface area contributed by atoms with Crippen LogP contribution in [-0.2, 0) is 0 Å². The quantitative estimate of drug-likeness (QED) is 0.358. The minimum absolute atomic E-state index is 0.00257. The van der Waals surface area contributed by atoms with E-state index in [9.17, 15) is 9.90 Å². The second-order valence-corrected chi connectivity index (χ2v) is 9.59. The predicted octanol–water partition coefficient (Wildman–Crippen LogP) is 4.10. The van der Waals surface area contributed by atoms with Crippen molar-refractivity contribution in [2.75, 3.05) is 11.9 Å². The molecule has 7 nitrogen and oxygen atoms in total. The minimum Gasteiger partial charge on any atom is -0.394 e. The number of thioether (sulfide) groups is 1. The Kier molecular flexibility index (Phi) is 6.92. The number of anilines is 1. The van der Waals surface area contributed by atoms with Crippen LogP contribution in [0.25, 0.3) is 10.3 Å². The first-order valence-electron chi connectivity index (χ1n) is 8.92. The van der Waals surface area contributed by atoms with Gasteiger partial charge in [0.05, 0.1) is 28.6 Å². The number of aliphatic hydroxyl groups excluding tert-OH is 1. The highest BCUT2D eigenvalue weighted by Crippen LogP contribution is 2.34. The number of rotatable bonds is 8. The summed E-state index contributed by atoms with van der Waals surface area (Å²) >= 11 is 8.41. The number of H-pyrrole nitrogens is 1.